The molecule has 2 aromatic carbocycles. The predicted octanol–water partition coefficient (Wildman–Crippen LogP) is 1.60. The van der Waals surface area contributed by atoms with Crippen LogP contribution in [0.2, 0.25) is 0 Å². The number of rotatable bonds is 5. The zero-order chi connectivity index (χ0) is 19.6. The number of ether oxygens (including phenoxy) is 2. The number of carbonyl (C=O) groups is 1. The van der Waals surface area contributed by atoms with E-state index in [1.165, 1.54) is 24.1 Å². The van der Waals surface area contributed by atoms with Crippen molar-refractivity contribution in [2.75, 3.05) is 20.8 Å². The van der Waals surface area contributed by atoms with Crippen molar-refractivity contribution in [3.05, 3.63) is 65.2 Å². The summed E-state index contributed by atoms with van der Waals surface area (Å²) < 4.78 is 12.7. The molecule has 2 aromatic rings. The van der Waals surface area contributed by atoms with E-state index < -0.39 is 0 Å². The van der Waals surface area contributed by atoms with Gasteiger partial charge in [0.1, 0.15) is 12.8 Å². The standard InChI is InChI=1S/C23H26NO3.HI/c1-6-27-18-12-13-20-19(15-18)23(2,3)21(24(20)4)14-9-16-7-10-17(11-8-16)22(25)26-5;/h7-15H,6H2,1-5H3;1H/q+1;/p-1. The highest BCUT2D eigenvalue weighted by molar-refractivity contribution is 6.05. The molecule has 0 spiro atoms. The van der Waals surface area contributed by atoms with Crippen molar-refractivity contribution >= 4 is 23.4 Å². The van der Waals surface area contributed by atoms with E-state index in [2.05, 4.69) is 49.8 Å². The number of nitrogens with zero attached hydrogens (tertiary/aromatic N) is 1. The van der Waals surface area contributed by atoms with Crippen LogP contribution in [0.3, 0.4) is 0 Å². The molecular formula is C23H26INO3. The van der Waals surface area contributed by atoms with E-state index in [1.54, 1.807) is 12.1 Å². The van der Waals surface area contributed by atoms with E-state index in [9.17, 15) is 4.79 Å². The first-order chi connectivity index (χ1) is 12.9. The lowest BCUT2D eigenvalue weighted by Gasteiger charge is -2.16. The van der Waals surface area contributed by atoms with Gasteiger partial charge in [0.15, 0.2) is 5.71 Å². The van der Waals surface area contributed by atoms with Gasteiger partial charge < -0.3 is 33.5 Å². The van der Waals surface area contributed by atoms with E-state index in [4.69, 9.17) is 9.47 Å². The molecule has 0 atom stereocenters. The molecule has 0 N–H and O–H groups in total. The van der Waals surface area contributed by atoms with Gasteiger partial charge in [-0.25, -0.2) is 4.79 Å². The molecule has 3 rings (SSSR count). The van der Waals surface area contributed by atoms with Gasteiger partial charge in [-0.15, -0.1) is 0 Å². The molecule has 0 amide bonds. The van der Waals surface area contributed by atoms with Crippen molar-refractivity contribution in [1.82, 2.24) is 0 Å². The molecule has 1 aliphatic rings. The van der Waals surface area contributed by atoms with Crippen molar-refractivity contribution in [2.45, 2.75) is 26.2 Å². The molecule has 0 saturated carbocycles. The Balaban J connectivity index is 0.00000280. The smallest absolute Gasteiger partial charge is 0.337 e. The highest BCUT2D eigenvalue weighted by Gasteiger charge is 2.43. The first-order valence-electron chi connectivity index (χ1n) is 9.13. The van der Waals surface area contributed by atoms with E-state index in [0.29, 0.717) is 12.2 Å². The number of carbonyl (C=O) groups excluding carboxylic acids is 1. The average molecular weight is 491 g/mol. The van der Waals surface area contributed by atoms with E-state index in [0.717, 1.165) is 11.3 Å². The fourth-order valence-corrected chi connectivity index (χ4v) is 3.60. The molecule has 0 bridgehead atoms. The molecule has 0 aromatic heterocycles. The second-order valence-electron chi connectivity index (χ2n) is 7.13. The summed E-state index contributed by atoms with van der Waals surface area (Å²) in [5.74, 6) is 0.582. The Kier molecular flexibility index (Phi) is 7.04. The van der Waals surface area contributed by atoms with Crippen molar-refractivity contribution in [2.24, 2.45) is 0 Å². The maximum Gasteiger partial charge on any atom is 0.337 e. The highest BCUT2D eigenvalue weighted by Crippen LogP contribution is 2.41. The number of fused-ring (bicyclic) bond motifs is 1. The van der Waals surface area contributed by atoms with Gasteiger partial charge >= 0.3 is 5.97 Å². The van der Waals surface area contributed by atoms with Crippen LogP contribution in [0.5, 0.6) is 5.75 Å². The lowest BCUT2D eigenvalue weighted by molar-refractivity contribution is -0.401. The summed E-state index contributed by atoms with van der Waals surface area (Å²) >= 11 is 0. The minimum Gasteiger partial charge on any atom is -1.00 e. The second kappa shape index (κ2) is 8.90. The minimum absolute atomic E-state index is 0. The summed E-state index contributed by atoms with van der Waals surface area (Å²) in [5, 5.41) is 0. The number of allylic oxidation sites excluding steroid dienone is 1. The molecule has 28 heavy (non-hydrogen) atoms. The Bertz CT molecular complexity index is 927. The maximum absolute atomic E-state index is 11.6. The number of halogens is 1. The van der Waals surface area contributed by atoms with Crippen LogP contribution >= 0.6 is 0 Å². The molecule has 0 fully saturated rings. The molecule has 0 aliphatic carbocycles. The monoisotopic (exact) mass is 491 g/mol. The number of hydrogen-bond acceptors (Lipinski definition) is 3. The molecule has 1 heterocycles. The molecule has 1 aliphatic heterocycles. The number of esters is 1. The summed E-state index contributed by atoms with van der Waals surface area (Å²) in [6.45, 7) is 7.11. The quantitative estimate of drug-likeness (QED) is 0.363. The Morgan fingerprint density at radius 2 is 1.79 bits per heavy atom. The van der Waals surface area contributed by atoms with Crippen molar-refractivity contribution in [3.63, 3.8) is 0 Å². The van der Waals surface area contributed by atoms with Crippen molar-refractivity contribution in [3.8, 4) is 5.75 Å². The van der Waals surface area contributed by atoms with Gasteiger partial charge in [0.25, 0.3) is 0 Å². The van der Waals surface area contributed by atoms with Crippen LogP contribution in [0, 0.1) is 0 Å². The number of benzene rings is 2. The van der Waals surface area contributed by atoms with Gasteiger partial charge in [-0.3, -0.25) is 0 Å². The van der Waals surface area contributed by atoms with Crippen LogP contribution in [0.15, 0.2) is 48.5 Å². The van der Waals surface area contributed by atoms with Gasteiger partial charge in [-0.2, -0.15) is 4.58 Å². The SMILES string of the molecule is CCOc1ccc2c(c1)C(C)(C)C(C=Cc1ccc(C(=O)OC)cc1)=[N+]2C.[I-]. The topological polar surface area (TPSA) is 38.5 Å². The first-order valence-corrected chi connectivity index (χ1v) is 9.13. The maximum atomic E-state index is 11.6. The van der Waals surface area contributed by atoms with Gasteiger partial charge in [0.2, 0.25) is 5.69 Å². The van der Waals surface area contributed by atoms with Crippen molar-refractivity contribution < 1.29 is 42.8 Å². The summed E-state index contributed by atoms with van der Waals surface area (Å²) in [4.78, 5) is 11.6. The molecule has 0 unspecified atom stereocenters. The minimum atomic E-state index is -0.322. The zero-order valence-corrected chi connectivity index (χ0v) is 19.1. The first kappa shape index (κ1) is 22.1. The van der Waals surface area contributed by atoms with Crippen LogP contribution < -0.4 is 28.7 Å². The molecule has 0 radical (unpaired) electrons. The van der Waals surface area contributed by atoms with Gasteiger partial charge in [-0.1, -0.05) is 12.1 Å². The zero-order valence-electron chi connectivity index (χ0n) is 17.0. The van der Waals surface area contributed by atoms with E-state index >= 15 is 0 Å². The van der Waals surface area contributed by atoms with Crippen LogP contribution in [0.4, 0.5) is 5.69 Å². The van der Waals surface area contributed by atoms with Crippen LogP contribution in [-0.4, -0.2) is 37.0 Å². The van der Waals surface area contributed by atoms with Crippen LogP contribution in [0.1, 0.15) is 42.3 Å². The fraction of sp³-hybridized carbons (Fsp3) is 0.304. The lowest BCUT2D eigenvalue weighted by Crippen LogP contribution is -3.00. The van der Waals surface area contributed by atoms with E-state index in [1.807, 2.05) is 25.1 Å². The molecular weight excluding hydrogens is 465 g/mol. The van der Waals surface area contributed by atoms with Gasteiger partial charge in [0.05, 0.1) is 24.7 Å². The Morgan fingerprint density at radius 1 is 1.11 bits per heavy atom. The lowest BCUT2D eigenvalue weighted by atomic mass is 9.81. The Hall–Kier alpha value is -2.15. The predicted molar refractivity (Wildman–Crippen MR) is 108 cm³/mol. The Labute approximate surface area is 183 Å². The largest absolute Gasteiger partial charge is 1.00 e. The normalized spacial score (nSPS) is 14.6. The highest BCUT2D eigenvalue weighted by atomic mass is 127. The van der Waals surface area contributed by atoms with Crippen LogP contribution in [0.25, 0.3) is 6.08 Å². The fourth-order valence-electron chi connectivity index (χ4n) is 3.60. The third kappa shape index (κ3) is 4.14. The number of methoxy groups -OCH3 is 1. The molecule has 0 saturated heterocycles. The molecule has 4 nitrogen and oxygen atoms in total. The van der Waals surface area contributed by atoms with Gasteiger partial charge in [-0.05, 0) is 56.7 Å². The molecule has 5 heteroatoms. The van der Waals surface area contributed by atoms with Crippen LogP contribution in [-0.2, 0) is 10.2 Å². The van der Waals surface area contributed by atoms with E-state index in [-0.39, 0.29) is 35.4 Å². The third-order valence-corrected chi connectivity index (χ3v) is 5.08. The van der Waals surface area contributed by atoms with Gasteiger partial charge in [0, 0.05) is 17.7 Å². The summed E-state index contributed by atoms with van der Waals surface area (Å²) in [6.07, 6.45) is 4.22. The average Bonchev–Trinajstić information content (AvgIpc) is 2.86. The van der Waals surface area contributed by atoms with Crippen molar-refractivity contribution in [1.29, 1.82) is 0 Å². The summed E-state index contributed by atoms with van der Waals surface area (Å²) in [5.41, 5.74) is 5.13. The summed E-state index contributed by atoms with van der Waals surface area (Å²) in [6, 6.07) is 13.7. The third-order valence-electron chi connectivity index (χ3n) is 5.08. The summed E-state index contributed by atoms with van der Waals surface area (Å²) in [7, 11) is 3.48. The Morgan fingerprint density at radius 3 is 2.39 bits per heavy atom. The second-order valence-corrected chi connectivity index (χ2v) is 7.13. The number of hydrogen-bond donors (Lipinski definition) is 0. The molecule has 148 valence electrons.